The highest BCUT2D eigenvalue weighted by atomic mass is 79.9. The van der Waals surface area contributed by atoms with Crippen LogP contribution in [0, 0.1) is 0 Å². The van der Waals surface area contributed by atoms with Gasteiger partial charge in [-0.25, -0.2) is 4.79 Å². The van der Waals surface area contributed by atoms with E-state index in [0.29, 0.717) is 0 Å². The number of hydrogen-bond acceptors (Lipinski definition) is 4. The first-order chi connectivity index (χ1) is 6.78. The van der Waals surface area contributed by atoms with Gasteiger partial charge in [-0.1, -0.05) is 19.8 Å². The Balaban J connectivity index is 3.15. The Kier molecular flexibility index (Phi) is 3.30. The van der Waals surface area contributed by atoms with E-state index >= 15 is 0 Å². The van der Waals surface area contributed by atoms with Crippen molar-refractivity contribution in [3.05, 3.63) is 28.2 Å². The quantitative estimate of drug-likeness (QED) is 0.860. The second-order valence-corrected chi connectivity index (χ2v) is 4.33. The summed E-state index contributed by atoms with van der Waals surface area (Å²) in [6.45, 7) is 0. The number of carboxylic acid groups (broad SMARTS) is 1. The fourth-order valence-electron chi connectivity index (χ4n) is 0.849. The summed E-state index contributed by atoms with van der Waals surface area (Å²) in [6.07, 6.45) is 0. The Labute approximate surface area is 93.0 Å². The van der Waals surface area contributed by atoms with E-state index in [1.54, 1.807) is 0 Å². The molecule has 5 nitrogen and oxygen atoms in total. The summed E-state index contributed by atoms with van der Waals surface area (Å²) in [5.41, 5.74) is -0.219. The first kappa shape index (κ1) is 11.9. The molecule has 1 N–H and O–H groups in total. The maximum Gasteiger partial charge on any atom is 0.488 e. The van der Waals surface area contributed by atoms with Crippen molar-refractivity contribution in [2.24, 2.45) is 0 Å². The zero-order valence-electron chi connectivity index (χ0n) is 6.98. The van der Waals surface area contributed by atoms with Crippen molar-refractivity contribution in [1.29, 1.82) is 0 Å². The Bertz CT molecular complexity index is 498. The molecule has 0 atom stereocenters. The third kappa shape index (κ3) is 3.84. The van der Waals surface area contributed by atoms with Crippen LogP contribution in [-0.2, 0) is 10.5 Å². The number of halogens is 2. The molecule has 0 radical (unpaired) electrons. The van der Waals surface area contributed by atoms with Gasteiger partial charge in [0.1, 0.15) is 5.75 Å². The van der Waals surface area contributed by atoms with Gasteiger partial charge >= 0.3 is 16.5 Å². The van der Waals surface area contributed by atoms with Crippen LogP contribution >= 0.6 is 15.9 Å². The molecule has 0 bridgehead atoms. The largest absolute Gasteiger partial charge is 0.488 e. The zero-order valence-corrected chi connectivity index (χ0v) is 9.38. The van der Waals surface area contributed by atoms with E-state index in [2.05, 4.69) is 20.1 Å². The number of benzene rings is 1. The molecule has 0 saturated carbocycles. The van der Waals surface area contributed by atoms with Gasteiger partial charge in [-0.15, -0.1) is 0 Å². The topological polar surface area (TPSA) is 80.7 Å². The Hall–Kier alpha value is -1.15. The van der Waals surface area contributed by atoms with Crippen LogP contribution in [0.4, 0.5) is 3.89 Å². The number of aromatic carboxylic acids is 1. The summed E-state index contributed by atoms with van der Waals surface area (Å²) in [7, 11) is -5.15. The molecule has 0 amide bonds. The highest BCUT2D eigenvalue weighted by Gasteiger charge is 2.13. The number of carbonyl (C=O) groups is 1. The molecule has 15 heavy (non-hydrogen) atoms. The Morgan fingerprint density at radius 3 is 2.47 bits per heavy atom. The van der Waals surface area contributed by atoms with Gasteiger partial charge in [0.15, 0.2) is 0 Å². The van der Waals surface area contributed by atoms with Crippen LogP contribution in [0.2, 0.25) is 0 Å². The van der Waals surface area contributed by atoms with E-state index in [1.165, 1.54) is 6.07 Å². The normalized spacial score (nSPS) is 11.1. The minimum Gasteiger partial charge on any atom is -0.478 e. The summed E-state index contributed by atoms with van der Waals surface area (Å²) in [4.78, 5) is 10.6. The molecule has 0 aliphatic heterocycles. The van der Waals surface area contributed by atoms with Crippen molar-refractivity contribution >= 4 is 32.4 Å². The molecule has 1 rings (SSSR count). The van der Waals surface area contributed by atoms with Crippen LogP contribution in [0.25, 0.3) is 0 Å². The first-order valence-corrected chi connectivity index (χ1v) is 5.56. The van der Waals surface area contributed by atoms with Crippen molar-refractivity contribution in [2.75, 3.05) is 0 Å². The van der Waals surface area contributed by atoms with E-state index in [0.717, 1.165) is 12.1 Å². The van der Waals surface area contributed by atoms with Crippen molar-refractivity contribution in [3.8, 4) is 5.75 Å². The fourth-order valence-corrected chi connectivity index (χ4v) is 1.65. The van der Waals surface area contributed by atoms with Crippen molar-refractivity contribution in [2.45, 2.75) is 0 Å². The van der Waals surface area contributed by atoms with Crippen LogP contribution in [0.3, 0.4) is 0 Å². The summed E-state index contributed by atoms with van der Waals surface area (Å²) in [6, 6.07) is 3.24. The van der Waals surface area contributed by atoms with E-state index in [-0.39, 0.29) is 10.0 Å². The summed E-state index contributed by atoms with van der Waals surface area (Å²) in [5, 5.41) is 8.61. The van der Waals surface area contributed by atoms with Gasteiger partial charge in [-0.2, -0.15) is 8.42 Å². The third-order valence-corrected chi connectivity index (χ3v) is 2.16. The maximum atomic E-state index is 12.1. The van der Waals surface area contributed by atoms with Crippen molar-refractivity contribution in [1.82, 2.24) is 0 Å². The predicted octanol–water partition coefficient (Wildman–Crippen LogP) is 1.74. The number of carboxylic acids is 1. The van der Waals surface area contributed by atoms with Gasteiger partial charge in [0.25, 0.3) is 0 Å². The Morgan fingerprint density at radius 1 is 1.40 bits per heavy atom. The lowest BCUT2D eigenvalue weighted by molar-refractivity contribution is 0.0696. The SMILES string of the molecule is O=C(O)c1cc(Br)cc(OS(=O)(=O)F)c1. The van der Waals surface area contributed by atoms with Gasteiger partial charge in [0.2, 0.25) is 0 Å². The zero-order chi connectivity index (χ0) is 11.6. The first-order valence-electron chi connectivity index (χ1n) is 3.46. The van der Waals surface area contributed by atoms with Crippen LogP contribution in [0.15, 0.2) is 22.7 Å². The lowest BCUT2D eigenvalue weighted by Crippen LogP contribution is -2.03. The highest BCUT2D eigenvalue weighted by Crippen LogP contribution is 2.23. The lowest BCUT2D eigenvalue weighted by Gasteiger charge is -2.02. The highest BCUT2D eigenvalue weighted by molar-refractivity contribution is 9.10. The molecule has 0 aliphatic rings. The van der Waals surface area contributed by atoms with E-state index in [9.17, 15) is 17.1 Å². The minimum absolute atomic E-state index is 0.219. The summed E-state index contributed by atoms with van der Waals surface area (Å²) < 4.78 is 36.6. The molecular weight excluding hydrogens is 295 g/mol. The second-order valence-electron chi connectivity index (χ2n) is 2.46. The van der Waals surface area contributed by atoms with Gasteiger partial charge in [-0.05, 0) is 18.2 Å². The fraction of sp³-hybridized carbons (Fsp3) is 0. The van der Waals surface area contributed by atoms with Crippen molar-refractivity contribution in [3.63, 3.8) is 0 Å². The maximum absolute atomic E-state index is 12.1. The standard InChI is InChI=1S/C7H4BrFO5S/c8-5-1-4(7(10)11)2-6(3-5)14-15(9,12)13/h1-3H,(H,10,11). The molecule has 8 heteroatoms. The van der Waals surface area contributed by atoms with E-state index < -0.39 is 22.2 Å². The van der Waals surface area contributed by atoms with Crippen LogP contribution < -0.4 is 4.18 Å². The molecular formula is C7H4BrFO5S. The second kappa shape index (κ2) is 4.15. The van der Waals surface area contributed by atoms with E-state index in [1.807, 2.05) is 0 Å². The third-order valence-electron chi connectivity index (χ3n) is 1.31. The molecule has 1 aromatic rings. The molecule has 0 aliphatic carbocycles. The van der Waals surface area contributed by atoms with Gasteiger partial charge in [0, 0.05) is 4.47 Å². The van der Waals surface area contributed by atoms with Gasteiger partial charge < -0.3 is 9.29 Å². The smallest absolute Gasteiger partial charge is 0.478 e. The molecule has 0 fully saturated rings. The van der Waals surface area contributed by atoms with Crippen molar-refractivity contribution < 1.29 is 26.4 Å². The van der Waals surface area contributed by atoms with Crippen LogP contribution in [0.1, 0.15) is 10.4 Å². The average molecular weight is 299 g/mol. The molecule has 0 heterocycles. The number of hydrogen-bond donors (Lipinski definition) is 1. The van der Waals surface area contributed by atoms with Crippen LogP contribution in [-0.4, -0.2) is 19.5 Å². The summed E-state index contributed by atoms with van der Waals surface area (Å²) in [5.74, 6) is -1.69. The van der Waals surface area contributed by atoms with Gasteiger partial charge in [-0.3, -0.25) is 0 Å². The molecule has 0 unspecified atom stereocenters. The molecule has 0 spiro atoms. The molecule has 0 aromatic heterocycles. The molecule has 1 aromatic carbocycles. The molecule has 82 valence electrons. The number of rotatable bonds is 3. The average Bonchev–Trinajstić information content (AvgIpc) is 1.99. The summed E-state index contributed by atoms with van der Waals surface area (Å²) >= 11 is 2.93. The lowest BCUT2D eigenvalue weighted by atomic mass is 10.2. The predicted molar refractivity (Wildman–Crippen MR) is 51.8 cm³/mol. The van der Waals surface area contributed by atoms with Crippen LogP contribution in [0.5, 0.6) is 5.75 Å². The monoisotopic (exact) mass is 298 g/mol. The Morgan fingerprint density at radius 2 is 2.00 bits per heavy atom. The molecule has 0 saturated heterocycles. The van der Waals surface area contributed by atoms with Gasteiger partial charge in [0.05, 0.1) is 5.56 Å². The van der Waals surface area contributed by atoms with E-state index in [4.69, 9.17) is 5.11 Å². The minimum atomic E-state index is -5.15.